The Balaban J connectivity index is 2.03. The van der Waals surface area contributed by atoms with Gasteiger partial charge >= 0.3 is 11.9 Å². The fourth-order valence-electron chi connectivity index (χ4n) is 5.85. The van der Waals surface area contributed by atoms with Gasteiger partial charge in [-0.3, -0.25) is 9.59 Å². The number of ether oxygens (including phenoxy) is 3. The first kappa shape index (κ1) is 23.5. The molecule has 2 fully saturated rings. The van der Waals surface area contributed by atoms with Crippen LogP contribution < -0.4 is 0 Å². The van der Waals surface area contributed by atoms with E-state index in [1.807, 2.05) is 27.7 Å². The lowest BCUT2D eigenvalue weighted by atomic mass is 9.45. The normalized spacial score (nSPS) is 35.2. The molecule has 0 N–H and O–H groups in total. The van der Waals surface area contributed by atoms with E-state index in [0.29, 0.717) is 12.2 Å². The van der Waals surface area contributed by atoms with Crippen LogP contribution in [0.5, 0.6) is 0 Å². The fourth-order valence-corrected chi connectivity index (χ4v) is 5.85. The van der Waals surface area contributed by atoms with Gasteiger partial charge in [-0.2, -0.15) is 0 Å². The molecule has 2 saturated carbocycles. The summed E-state index contributed by atoms with van der Waals surface area (Å²) in [4.78, 5) is 39.0. The molecule has 0 aromatic heterocycles. The smallest absolute Gasteiger partial charge is 0.335 e. The largest absolute Gasteiger partial charge is 0.432 e. The maximum absolute atomic E-state index is 13.9. The number of allylic oxidation sites excluding steroid dienone is 3. The molecule has 6 nitrogen and oxygen atoms in total. The van der Waals surface area contributed by atoms with Crippen molar-refractivity contribution in [1.82, 2.24) is 0 Å². The highest BCUT2D eigenvalue weighted by atomic mass is 16.5. The van der Waals surface area contributed by atoms with E-state index < -0.39 is 28.9 Å². The van der Waals surface area contributed by atoms with Crippen LogP contribution in [0.1, 0.15) is 60.8 Å². The Hall–Kier alpha value is -2.21. The van der Waals surface area contributed by atoms with Gasteiger partial charge in [-0.05, 0) is 77.4 Å². The van der Waals surface area contributed by atoms with Gasteiger partial charge in [-0.25, -0.2) is 4.79 Å². The van der Waals surface area contributed by atoms with Gasteiger partial charge < -0.3 is 14.2 Å². The number of rotatable bonds is 5. The molecule has 6 heteroatoms. The van der Waals surface area contributed by atoms with Crippen molar-refractivity contribution in [3.63, 3.8) is 0 Å². The predicted molar refractivity (Wildman–Crippen MR) is 115 cm³/mol. The number of fused-ring (bicyclic) bond motifs is 2. The maximum Gasteiger partial charge on any atom is 0.335 e. The molecule has 1 aliphatic heterocycles. The van der Waals surface area contributed by atoms with E-state index in [4.69, 9.17) is 14.2 Å². The highest BCUT2D eigenvalue weighted by Gasteiger charge is 2.67. The highest BCUT2D eigenvalue weighted by Crippen LogP contribution is 2.63. The molecule has 0 unspecified atom stereocenters. The highest BCUT2D eigenvalue weighted by molar-refractivity contribution is 6.10. The first-order valence-corrected chi connectivity index (χ1v) is 10.9. The number of cyclic esters (lactones) is 1. The van der Waals surface area contributed by atoms with Gasteiger partial charge in [0.2, 0.25) is 0 Å². The van der Waals surface area contributed by atoms with Gasteiger partial charge in [0.05, 0.1) is 11.9 Å². The third-order valence-corrected chi connectivity index (χ3v) is 7.49. The Kier molecular flexibility index (Phi) is 6.09. The van der Waals surface area contributed by atoms with Crippen molar-refractivity contribution in [1.29, 1.82) is 0 Å². The average molecular weight is 431 g/mol. The number of Topliss-reactive ketones (excluding diaryl/α,β-unsaturated/α-hetero) is 1. The van der Waals surface area contributed by atoms with E-state index in [1.54, 1.807) is 26.2 Å². The first-order chi connectivity index (χ1) is 14.4. The lowest BCUT2D eigenvalue weighted by Crippen LogP contribution is -2.61. The van der Waals surface area contributed by atoms with Crippen LogP contribution in [0.2, 0.25) is 0 Å². The van der Waals surface area contributed by atoms with Crippen molar-refractivity contribution in [2.45, 2.75) is 66.4 Å². The van der Waals surface area contributed by atoms with Crippen LogP contribution in [0.3, 0.4) is 0 Å². The van der Waals surface area contributed by atoms with E-state index in [1.165, 1.54) is 12.3 Å². The molecule has 3 aliphatic rings. The average Bonchev–Trinajstić information content (AvgIpc) is 2.97. The minimum atomic E-state index is -1.40. The lowest BCUT2D eigenvalue weighted by molar-refractivity contribution is -0.174. The number of hydrogen-bond acceptors (Lipinski definition) is 6. The Morgan fingerprint density at radius 1 is 1.29 bits per heavy atom. The number of esters is 2. The summed E-state index contributed by atoms with van der Waals surface area (Å²) >= 11 is 0. The Morgan fingerprint density at radius 2 is 1.97 bits per heavy atom. The monoisotopic (exact) mass is 430 g/mol. The topological polar surface area (TPSA) is 78.9 Å². The minimum absolute atomic E-state index is 0.0116. The third-order valence-electron chi connectivity index (χ3n) is 7.49. The van der Waals surface area contributed by atoms with E-state index in [0.717, 1.165) is 18.4 Å². The summed E-state index contributed by atoms with van der Waals surface area (Å²) in [7, 11) is 1.66. The third kappa shape index (κ3) is 3.91. The molecule has 2 aliphatic carbocycles. The molecule has 0 amide bonds. The quantitative estimate of drug-likeness (QED) is 0.276. The second-order valence-corrected chi connectivity index (χ2v) is 10.3. The van der Waals surface area contributed by atoms with Crippen LogP contribution in [-0.2, 0) is 28.6 Å². The maximum atomic E-state index is 13.9. The van der Waals surface area contributed by atoms with E-state index >= 15 is 0 Å². The molecule has 1 spiro atoms. The molecule has 0 aromatic rings. The van der Waals surface area contributed by atoms with Crippen molar-refractivity contribution in [2.75, 3.05) is 7.11 Å². The lowest BCUT2D eigenvalue weighted by Gasteiger charge is -2.57. The SMILES string of the molecule is COC(C)(C)[C@H]1CC[C@]2(C)C[C@H]1C(=O)[C@]1(C=C(C)OC1=O)[C@H]2/C=C\OC(=O)C=C(C)C. The second kappa shape index (κ2) is 8.05. The standard InChI is InChI=1S/C25H34O6/c1-15(2)12-20(26)30-11-9-19-24(6)10-8-18(23(4,5)29-7)17(14-24)21(27)25(19)13-16(3)31-22(25)28/h9,11-13,17-19H,8,10,14H2,1-7H3/b11-9-/t17-,18+,19+,24-,25+/m1/s1. The molecule has 0 radical (unpaired) electrons. The van der Waals surface area contributed by atoms with E-state index in [-0.39, 0.29) is 23.0 Å². The van der Waals surface area contributed by atoms with Crippen LogP contribution in [0.15, 0.2) is 35.8 Å². The molecule has 2 bridgehead atoms. The van der Waals surface area contributed by atoms with E-state index in [9.17, 15) is 14.4 Å². The van der Waals surface area contributed by atoms with Gasteiger partial charge in [0.1, 0.15) is 5.76 Å². The first-order valence-electron chi connectivity index (χ1n) is 10.9. The number of carbonyl (C=O) groups excluding carboxylic acids is 3. The molecule has 170 valence electrons. The minimum Gasteiger partial charge on any atom is -0.432 e. The Labute approximate surface area is 184 Å². The zero-order chi connectivity index (χ0) is 23.2. The predicted octanol–water partition coefficient (Wildman–Crippen LogP) is 4.50. The van der Waals surface area contributed by atoms with Crippen LogP contribution in [0.25, 0.3) is 0 Å². The molecular weight excluding hydrogens is 396 g/mol. The summed E-state index contributed by atoms with van der Waals surface area (Å²) in [5.41, 5.74) is -1.37. The van der Waals surface area contributed by atoms with Gasteiger partial charge in [-0.1, -0.05) is 12.5 Å². The van der Waals surface area contributed by atoms with Gasteiger partial charge in [0.25, 0.3) is 0 Å². The molecule has 3 rings (SSSR count). The number of hydrogen-bond donors (Lipinski definition) is 0. The zero-order valence-corrected chi connectivity index (χ0v) is 19.6. The molecular formula is C25H34O6. The Bertz CT molecular complexity index is 874. The van der Waals surface area contributed by atoms with Gasteiger partial charge in [-0.15, -0.1) is 0 Å². The van der Waals surface area contributed by atoms with Crippen molar-refractivity contribution in [3.05, 3.63) is 35.8 Å². The van der Waals surface area contributed by atoms with Crippen LogP contribution in [-0.4, -0.2) is 30.4 Å². The summed E-state index contributed by atoms with van der Waals surface area (Å²) in [5.74, 6) is -1.45. The van der Waals surface area contributed by atoms with Crippen molar-refractivity contribution < 1.29 is 28.6 Å². The van der Waals surface area contributed by atoms with Crippen molar-refractivity contribution >= 4 is 17.7 Å². The second-order valence-electron chi connectivity index (χ2n) is 10.3. The summed E-state index contributed by atoms with van der Waals surface area (Å²) in [5, 5.41) is 0. The summed E-state index contributed by atoms with van der Waals surface area (Å²) in [6, 6.07) is 0. The number of carbonyl (C=O) groups is 3. The fraction of sp³-hybridized carbons (Fsp3) is 0.640. The van der Waals surface area contributed by atoms with Crippen LogP contribution >= 0.6 is 0 Å². The Morgan fingerprint density at radius 3 is 2.52 bits per heavy atom. The van der Waals surface area contributed by atoms with Crippen molar-refractivity contribution in [3.8, 4) is 0 Å². The van der Waals surface area contributed by atoms with Crippen LogP contribution in [0.4, 0.5) is 0 Å². The summed E-state index contributed by atoms with van der Waals surface area (Å²) in [6.45, 7) is 11.4. The molecule has 0 aromatic carbocycles. The molecule has 31 heavy (non-hydrogen) atoms. The van der Waals surface area contributed by atoms with E-state index in [2.05, 4.69) is 6.92 Å². The van der Waals surface area contributed by atoms with Gasteiger partial charge in [0, 0.05) is 25.0 Å². The van der Waals surface area contributed by atoms with Gasteiger partial charge in [0.15, 0.2) is 11.2 Å². The summed E-state index contributed by atoms with van der Waals surface area (Å²) < 4.78 is 16.4. The molecule has 0 saturated heterocycles. The summed E-state index contributed by atoms with van der Waals surface area (Å²) in [6.07, 6.45) is 8.42. The molecule has 5 atom stereocenters. The van der Waals surface area contributed by atoms with Crippen LogP contribution in [0, 0.1) is 28.6 Å². The number of ketones is 1. The van der Waals surface area contributed by atoms with Crippen molar-refractivity contribution in [2.24, 2.45) is 28.6 Å². The number of methoxy groups -OCH3 is 1. The molecule has 1 heterocycles. The zero-order valence-electron chi connectivity index (χ0n) is 19.6.